The van der Waals surface area contributed by atoms with Gasteiger partial charge in [0.25, 0.3) is 0 Å². The summed E-state index contributed by atoms with van der Waals surface area (Å²) in [5.74, 6) is 3.86. The lowest BCUT2D eigenvalue weighted by atomic mass is 9.63. The van der Waals surface area contributed by atoms with Crippen LogP contribution in [0.4, 0.5) is 0 Å². The molecule has 4 atom stereocenters. The van der Waals surface area contributed by atoms with E-state index in [9.17, 15) is 0 Å². The summed E-state index contributed by atoms with van der Waals surface area (Å²) in [6.07, 6.45) is 14.1. The van der Waals surface area contributed by atoms with Crippen molar-refractivity contribution >= 4 is 0 Å². The van der Waals surface area contributed by atoms with Gasteiger partial charge < -0.3 is 0 Å². The van der Waals surface area contributed by atoms with E-state index in [-0.39, 0.29) is 0 Å². The van der Waals surface area contributed by atoms with Crippen molar-refractivity contribution in [2.24, 2.45) is 17.8 Å². The summed E-state index contributed by atoms with van der Waals surface area (Å²) in [7, 11) is 0. The molecule has 0 bridgehead atoms. The van der Waals surface area contributed by atoms with Crippen molar-refractivity contribution in [3.8, 4) is 11.1 Å². The number of fused-ring (bicyclic) bond motifs is 1. The Morgan fingerprint density at radius 1 is 0.679 bits per heavy atom. The summed E-state index contributed by atoms with van der Waals surface area (Å²) in [6, 6.07) is 18.7. The fourth-order valence-corrected chi connectivity index (χ4v) is 6.06. The van der Waals surface area contributed by atoms with Crippen LogP contribution in [0.3, 0.4) is 0 Å². The second kappa shape index (κ2) is 9.29. The normalized spacial score (nSPS) is 27.4. The van der Waals surface area contributed by atoms with E-state index in [1.807, 2.05) is 0 Å². The lowest BCUT2D eigenvalue weighted by molar-refractivity contribution is 0.114. The van der Waals surface area contributed by atoms with Gasteiger partial charge in [-0.15, -0.1) is 0 Å². The van der Waals surface area contributed by atoms with Crippen LogP contribution in [-0.4, -0.2) is 0 Å². The van der Waals surface area contributed by atoms with E-state index >= 15 is 0 Å². The van der Waals surface area contributed by atoms with Gasteiger partial charge in [-0.05, 0) is 84.5 Å². The van der Waals surface area contributed by atoms with Crippen molar-refractivity contribution in [2.45, 2.75) is 84.0 Å². The fraction of sp³-hybridized carbons (Fsp3) is 0.571. The summed E-state index contributed by atoms with van der Waals surface area (Å²) < 4.78 is 0. The molecule has 28 heavy (non-hydrogen) atoms. The molecule has 0 spiro atoms. The third-order valence-corrected chi connectivity index (χ3v) is 7.63. The van der Waals surface area contributed by atoms with Gasteiger partial charge in [-0.1, -0.05) is 88.1 Å². The SMILES string of the molecule is CCCc1ccc(-c2ccc(C3CCC4CC(CCC)CCC4C3)cc2)cc1. The molecule has 0 nitrogen and oxygen atoms in total. The first-order valence-corrected chi connectivity index (χ1v) is 12.0. The van der Waals surface area contributed by atoms with E-state index in [1.54, 1.807) is 5.56 Å². The zero-order chi connectivity index (χ0) is 19.3. The molecule has 2 fully saturated rings. The molecule has 2 saturated carbocycles. The van der Waals surface area contributed by atoms with Crippen LogP contribution in [0.1, 0.15) is 88.7 Å². The third-order valence-electron chi connectivity index (χ3n) is 7.63. The number of hydrogen-bond acceptors (Lipinski definition) is 0. The minimum Gasteiger partial charge on any atom is -0.0654 e. The molecule has 0 aliphatic heterocycles. The van der Waals surface area contributed by atoms with Crippen molar-refractivity contribution < 1.29 is 0 Å². The Balaban J connectivity index is 1.38. The van der Waals surface area contributed by atoms with Crippen LogP contribution < -0.4 is 0 Å². The Morgan fingerprint density at radius 3 is 2.00 bits per heavy atom. The number of benzene rings is 2. The molecule has 150 valence electrons. The van der Waals surface area contributed by atoms with Crippen LogP contribution in [0.25, 0.3) is 11.1 Å². The Labute approximate surface area is 172 Å². The van der Waals surface area contributed by atoms with Gasteiger partial charge in [0.1, 0.15) is 0 Å². The van der Waals surface area contributed by atoms with Gasteiger partial charge in [-0.3, -0.25) is 0 Å². The van der Waals surface area contributed by atoms with Crippen LogP contribution in [0.15, 0.2) is 48.5 Å². The van der Waals surface area contributed by atoms with Crippen LogP contribution in [0.5, 0.6) is 0 Å². The first kappa shape index (κ1) is 19.7. The van der Waals surface area contributed by atoms with Gasteiger partial charge in [0.05, 0.1) is 0 Å². The predicted molar refractivity (Wildman–Crippen MR) is 122 cm³/mol. The number of hydrogen-bond donors (Lipinski definition) is 0. The first-order valence-electron chi connectivity index (χ1n) is 12.0. The largest absolute Gasteiger partial charge is 0.0654 e. The van der Waals surface area contributed by atoms with Crippen molar-refractivity contribution in [1.29, 1.82) is 0 Å². The molecule has 0 amide bonds. The maximum absolute atomic E-state index is 2.42. The van der Waals surface area contributed by atoms with Crippen molar-refractivity contribution in [1.82, 2.24) is 0 Å². The fourth-order valence-electron chi connectivity index (χ4n) is 6.06. The second-order valence-corrected chi connectivity index (χ2v) is 9.57. The minimum atomic E-state index is 0.796. The van der Waals surface area contributed by atoms with E-state index in [0.717, 1.165) is 23.7 Å². The maximum atomic E-state index is 2.42. The Kier molecular flexibility index (Phi) is 6.55. The van der Waals surface area contributed by atoms with Crippen LogP contribution >= 0.6 is 0 Å². The Morgan fingerprint density at radius 2 is 1.32 bits per heavy atom. The molecule has 0 heterocycles. The van der Waals surface area contributed by atoms with Gasteiger partial charge in [0, 0.05) is 0 Å². The zero-order valence-corrected chi connectivity index (χ0v) is 18.0. The molecular weight excluding hydrogens is 336 g/mol. The summed E-state index contributed by atoms with van der Waals surface area (Å²) >= 11 is 0. The molecule has 2 aromatic rings. The van der Waals surface area contributed by atoms with E-state index in [2.05, 4.69) is 62.4 Å². The third kappa shape index (κ3) is 4.53. The lowest BCUT2D eigenvalue weighted by Crippen LogP contribution is -2.30. The molecular formula is C28H38. The van der Waals surface area contributed by atoms with E-state index in [4.69, 9.17) is 0 Å². The highest BCUT2D eigenvalue weighted by Crippen LogP contribution is 2.48. The summed E-state index contributed by atoms with van der Waals surface area (Å²) in [5, 5.41) is 0. The highest BCUT2D eigenvalue weighted by Gasteiger charge is 2.35. The molecule has 2 aliphatic carbocycles. The lowest BCUT2D eigenvalue weighted by Gasteiger charge is -2.42. The van der Waals surface area contributed by atoms with Crippen LogP contribution in [-0.2, 0) is 6.42 Å². The molecule has 0 heteroatoms. The molecule has 2 aliphatic rings. The van der Waals surface area contributed by atoms with Gasteiger partial charge in [0.2, 0.25) is 0 Å². The van der Waals surface area contributed by atoms with Crippen molar-refractivity contribution in [3.05, 3.63) is 59.7 Å². The summed E-state index contributed by atoms with van der Waals surface area (Å²) in [4.78, 5) is 0. The standard InChI is InChI=1S/C28H38/c1-3-5-21-7-10-23(11-8-21)24-13-15-25(16-14-24)27-18-17-26-19-22(6-4-2)9-12-28(26)20-27/h7-8,10-11,13-16,22,26-28H,3-6,9,12,17-20H2,1-2H3. The quantitative estimate of drug-likeness (QED) is 0.476. The number of rotatable bonds is 6. The summed E-state index contributed by atoms with van der Waals surface area (Å²) in [6.45, 7) is 4.60. The summed E-state index contributed by atoms with van der Waals surface area (Å²) in [5.41, 5.74) is 5.75. The molecule has 4 unspecified atom stereocenters. The monoisotopic (exact) mass is 374 g/mol. The zero-order valence-electron chi connectivity index (χ0n) is 18.0. The molecule has 2 aromatic carbocycles. The molecule has 4 rings (SSSR count). The van der Waals surface area contributed by atoms with Gasteiger partial charge in [-0.2, -0.15) is 0 Å². The van der Waals surface area contributed by atoms with E-state index in [0.29, 0.717) is 0 Å². The maximum Gasteiger partial charge on any atom is -0.0159 e. The first-order chi connectivity index (χ1) is 13.8. The van der Waals surface area contributed by atoms with Gasteiger partial charge in [-0.25, -0.2) is 0 Å². The molecule has 0 radical (unpaired) electrons. The van der Waals surface area contributed by atoms with Gasteiger partial charge in [0.15, 0.2) is 0 Å². The van der Waals surface area contributed by atoms with Crippen LogP contribution in [0, 0.1) is 17.8 Å². The molecule has 0 aromatic heterocycles. The Hall–Kier alpha value is -1.56. The van der Waals surface area contributed by atoms with E-state index < -0.39 is 0 Å². The van der Waals surface area contributed by atoms with Crippen molar-refractivity contribution in [3.63, 3.8) is 0 Å². The van der Waals surface area contributed by atoms with Crippen molar-refractivity contribution in [2.75, 3.05) is 0 Å². The Bertz CT molecular complexity index is 724. The number of aryl methyl sites for hydroxylation is 1. The average molecular weight is 375 g/mol. The van der Waals surface area contributed by atoms with Crippen LogP contribution in [0.2, 0.25) is 0 Å². The molecule has 0 N–H and O–H groups in total. The van der Waals surface area contributed by atoms with E-state index in [1.165, 1.54) is 80.9 Å². The highest BCUT2D eigenvalue weighted by molar-refractivity contribution is 5.64. The average Bonchev–Trinajstić information content (AvgIpc) is 2.75. The van der Waals surface area contributed by atoms with Gasteiger partial charge >= 0.3 is 0 Å². The minimum absolute atomic E-state index is 0.796. The second-order valence-electron chi connectivity index (χ2n) is 9.57. The smallest absolute Gasteiger partial charge is 0.0159 e. The highest BCUT2D eigenvalue weighted by atomic mass is 14.4. The predicted octanol–water partition coefficient (Wildman–Crippen LogP) is 8.41. The topological polar surface area (TPSA) is 0 Å². The molecule has 0 saturated heterocycles.